The van der Waals surface area contributed by atoms with Crippen LogP contribution >= 0.6 is 22.9 Å². The molecule has 0 atom stereocenters. The minimum atomic E-state index is -0.244. The van der Waals surface area contributed by atoms with Crippen molar-refractivity contribution >= 4 is 50.6 Å². The van der Waals surface area contributed by atoms with Gasteiger partial charge in [0.25, 0.3) is 11.7 Å². The van der Waals surface area contributed by atoms with Crippen molar-refractivity contribution in [1.82, 2.24) is 10.3 Å². The number of rotatable bonds is 3. The lowest BCUT2D eigenvalue weighted by Crippen LogP contribution is -3.00. The molecule has 0 saturated heterocycles. The summed E-state index contributed by atoms with van der Waals surface area (Å²) in [6.07, 6.45) is 1.72. The van der Waals surface area contributed by atoms with Crippen LogP contribution in [-0.4, -0.2) is 29.8 Å². The molecule has 1 amide bonds. The molecule has 8 heteroatoms. The van der Waals surface area contributed by atoms with E-state index in [4.69, 9.17) is 11.6 Å². The number of nitrogens with one attached hydrogen (secondary N) is 3. The third-order valence-corrected chi connectivity index (χ3v) is 5.44. The van der Waals surface area contributed by atoms with Crippen molar-refractivity contribution in [3.63, 3.8) is 0 Å². The minimum Gasteiger partial charge on any atom is -1.00 e. The van der Waals surface area contributed by atoms with E-state index >= 15 is 0 Å². The molecule has 5 nitrogen and oxygen atoms in total. The number of pyridine rings is 1. The fourth-order valence-electron chi connectivity index (χ4n) is 2.59. The SMILES string of the molecule is O=C(Nc1ccc(C2=[NH+]CCN2)cn1)c1sc2ccccc2c1Cl.[Cl-]. The molecule has 25 heavy (non-hydrogen) atoms. The van der Waals surface area contributed by atoms with E-state index in [1.165, 1.54) is 11.3 Å². The number of hydrogen-bond acceptors (Lipinski definition) is 4. The summed E-state index contributed by atoms with van der Waals surface area (Å²) in [6, 6.07) is 11.4. The monoisotopic (exact) mass is 392 g/mol. The number of carbonyl (C=O) groups is 1. The summed E-state index contributed by atoms with van der Waals surface area (Å²) < 4.78 is 0.991. The molecule has 1 aromatic carbocycles. The highest BCUT2D eigenvalue weighted by molar-refractivity contribution is 7.21. The van der Waals surface area contributed by atoms with Gasteiger partial charge in [-0.05, 0) is 18.2 Å². The maximum Gasteiger partial charge on any atom is 0.276 e. The van der Waals surface area contributed by atoms with Gasteiger partial charge in [-0.2, -0.15) is 0 Å². The number of carbonyl (C=O) groups excluding carboxylic acids is 1. The maximum absolute atomic E-state index is 12.5. The zero-order chi connectivity index (χ0) is 16.5. The van der Waals surface area contributed by atoms with Crippen LogP contribution in [0.25, 0.3) is 10.1 Å². The highest BCUT2D eigenvalue weighted by Crippen LogP contribution is 2.35. The minimum absolute atomic E-state index is 0. The number of fused-ring (bicyclic) bond motifs is 1. The molecule has 0 saturated carbocycles. The van der Waals surface area contributed by atoms with Gasteiger partial charge in [0.15, 0.2) is 0 Å². The first-order valence-electron chi connectivity index (χ1n) is 7.52. The number of benzene rings is 1. The average molecular weight is 393 g/mol. The van der Waals surface area contributed by atoms with Crippen LogP contribution in [0.4, 0.5) is 5.82 Å². The van der Waals surface area contributed by atoms with Crippen molar-refractivity contribution in [3.8, 4) is 0 Å². The lowest BCUT2D eigenvalue weighted by atomic mass is 10.2. The molecule has 0 unspecified atom stereocenters. The van der Waals surface area contributed by atoms with Crippen molar-refractivity contribution in [2.75, 3.05) is 18.4 Å². The fourth-order valence-corrected chi connectivity index (χ4v) is 4.00. The molecule has 3 heterocycles. The standard InChI is InChI=1S/C17H13ClN4OS.ClH/c18-14-11-3-1-2-4-12(11)24-15(14)17(23)22-13-6-5-10(9-21-13)16-19-7-8-20-16;/h1-6,9H,7-8H2,(H,19,20)(H,21,22,23);1H. The zero-order valence-electron chi connectivity index (χ0n) is 13.0. The predicted octanol–water partition coefficient (Wildman–Crippen LogP) is -1.36. The van der Waals surface area contributed by atoms with Gasteiger partial charge in [-0.25, -0.2) is 4.98 Å². The summed E-state index contributed by atoms with van der Waals surface area (Å²) in [5, 5.41) is 7.43. The van der Waals surface area contributed by atoms with Gasteiger partial charge in [-0.1, -0.05) is 29.8 Å². The van der Waals surface area contributed by atoms with Crippen molar-refractivity contribution in [3.05, 3.63) is 58.1 Å². The molecule has 0 fully saturated rings. The average Bonchev–Trinajstić information content (AvgIpc) is 3.24. The number of aromatic nitrogens is 1. The number of anilines is 1. The van der Waals surface area contributed by atoms with E-state index in [0.717, 1.165) is 34.6 Å². The van der Waals surface area contributed by atoms with Gasteiger partial charge in [0, 0.05) is 16.3 Å². The second kappa shape index (κ2) is 7.39. The second-order valence-electron chi connectivity index (χ2n) is 5.36. The van der Waals surface area contributed by atoms with Crippen LogP contribution in [0.2, 0.25) is 5.02 Å². The number of amides is 1. The third kappa shape index (κ3) is 3.46. The Labute approximate surface area is 159 Å². The van der Waals surface area contributed by atoms with Crippen molar-refractivity contribution in [2.24, 2.45) is 0 Å². The van der Waals surface area contributed by atoms with E-state index in [2.05, 4.69) is 20.6 Å². The van der Waals surface area contributed by atoms with E-state index in [-0.39, 0.29) is 18.3 Å². The Balaban J connectivity index is 0.00000182. The summed E-state index contributed by atoms with van der Waals surface area (Å²) in [4.78, 5) is 20.5. The molecular weight excluding hydrogens is 379 g/mol. The van der Waals surface area contributed by atoms with Crippen LogP contribution < -0.4 is 28.0 Å². The van der Waals surface area contributed by atoms with Gasteiger partial charge in [0.1, 0.15) is 23.8 Å². The number of thiophene rings is 1. The van der Waals surface area contributed by atoms with Crippen LogP contribution in [0.3, 0.4) is 0 Å². The Hall–Kier alpha value is -2.15. The number of nitrogens with zero attached hydrogens (tertiary/aromatic N) is 1. The summed E-state index contributed by atoms with van der Waals surface area (Å²) in [5.74, 6) is 1.22. The highest BCUT2D eigenvalue weighted by Gasteiger charge is 2.18. The summed E-state index contributed by atoms with van der Waals surface area (Å²) in [5.41, 5.74) is 0.963. The Bertz CT molecular complexity index is 953. The van der Waals surface area contributed by atoms with Gasteiger partial charge in [-0.15, -0.1) is 11.3 Å². The third-order valence-electron chi connectivity index (χ3n) is 3.76. The lowest BCUT2D eigenvalue weighted by molar-refractivity contribution is -0.444. The van der Waals surface area contributed by atoms with Gasteiger partial charge in [0.2, 0.25) is 0 Å². The Kier molecular flexibility index (Phi) is 5.22. The van der Waals surface area contributed by atoms with E-state index in [1.807, 2.05) is 30.3 Å². The topological polar surface area (TPSA) is 68.0 Å². The van der Waals surface area contributed by atoms with E-state index in [0.29, 0.717) is 15.7 Å². The molecule has 128 valence electrons. The predicted molar refractivity (Wildman–Crippen MR) is 97.0 cm³/mol. The first-order chi connectivity index (χ1) is 11.7. The van der Waals surface area contributed by atoms with Crippen LogP contribution in [0, 0.1) is 0 Å². The second-order valence-corrected chi connectivity index (χ2v) is 6.79. The Morgan fingerprint density at radius 2 is 2.12 bits per heavy atom. The molecular formula is C17H14Cl2N4OS. The van der Waals surface area contributed by atoms with Gasteiger partial charge in [0.05, 0.1) is 10.6 Å². The van der Waals surface area contributed by atoms with Gasteiger partial charge in [-0.3, -0.25) is 15.1 Å². The molecule has 3 N–H and O–H groups in total. The van der Waals surface area contributed by atoms with Gasteiger partial charge < -0.3 is 17.7 Å². The molecule has 0 bridgehead atoms. The molecule has 0 radical (unpaired) electrons. The highest BCUT2D eigenvalue weighted by atomic mass is 35.5. The number of hydrogen-bond donors (Lipinski definition) is 3. The molecule has 0 spiro atoms. The number of amidine groups is 1. The van der Waals surface area contributed by atoms with E-state index in [1.54, 1.807) is 12.3 Å². The fraction of sp³-hybridized carbons (Fsp3) is 0.118. The van der Waals surface area contributed by atoms with Crippen LogP contribution in [0.15, 0.2) is 42.6 Å². The Morgan fingerprint density at radius 1 is 1.28 bits per heavy atom. The first kappa shape index (κ1) is 17.7. The molecule has 3 aromatic rings. The maximum atomic E-state index is 12.5. The summed E-state index contributed by atoms with van der Waals surface area (Å²) in [7, 11) is 0. The largest absolute Gasteiger partial charge is 1.00 e. The van der Waals surface area contributed by atoms with Crippen LogP contribution in [0.1, 0.15) is 15.2 Å². The van der Waals surface area contributed by atoms with Crippen molar-refractivity contribution < 1.29 is 22.2 Å². The summed E-state index contributed by atoms with van der Waals surface area (Å²) >= 11 is 7.72. The molecule has 0 aliphatic carbocycles. The van der Waals surface area contributed by atoms with Crippen LogP contribution in [0.5, 0.6) is 0 Å². The van der Waals surface area contributed by atoms with Crippen molar-refractivity contribution in [2.45, 2.75) is 0 Å². The van der Waals surface area contributed by atoms with Crippen LogP contribution in [-0.2, 0) is 0 Å². The summed E-state index contributed by atoms with van der Waals surface area (Å²) in [6.45, 7) is 1.80. The molecule has 1 aliphatic rings. The van der Waals surface area contributed by atoms with Crippen molar-refractivity contribution in [1.29, 1.82) is 0 Å². The normalized spacial score (nSPS) is 13.1. The molecule has 2 aromatic heterocycles. The smallest absolute Gasteiger partial charge is 0.276 e. The Morgan fingerprint density at radius 3 is 2.80 bits per heavy atom. The number of halogens is 2. The lowest BCUT2D eigenvalue weighted by Gasteiger charge is -2.03. The quantitative estimate of drug-likeness (QED) is 0.515. The van der Waals surface area contributed by atoms with E-state index < -0.39 is 0 Å². The first-order valence-corrected chi connectivity index (χ1v) is 8.71. The molecule has 4 rings (SSSR count). The molecule has 1 aliphatic heterocycles. The van der Waals surface area contributed by atoms with E-state index in [9.17, 15) is 4.79 Å². The zero-order valence-corrected chi connectivity index (χ0v) is 15.3. The van der Waals surface area contributed by atoms with Gasteiger partial charge >= 0.3 is 0 Å².